The summed E-state index contributed by atoms with van der Waals surface area (Å²) in [4.78, 5) is 72.8. The highest BCUT2D eigenvalue weighted by atomic mass is 31.2. The van der Waals surface area contributed by atoms with Crippen LogP contribution in [-0.2, 0) is 65.4 Å². The largest absolute Gasteiger partial charge is 0.472 e. The number of phosphoric acid groups is 2. The Labute approximate surface area is 588 Å². The van der Waals surface area contributed by atoms with E-state index in [2.05, 4.69) is 41.5 Å². The SMILES string of the molecule is CCCCCCCCCCCCCCCCCCC(=O)OC[C@H](COP(=O)(O)OC[C@@H](O)COP(=O)(O)OC[C@@H](COC(=O)CCCCCCCCCCCC)OC(=O)CCCCCCCCCCC(C)CC)OC(=O)CCCCCCCCCCCCCCCCCC(C)C. The van der Waals surface area contributed by atoms with Gasteiger partial charge >= 0.3 is 39.5 Å². The summed E-state index contributed by atoms with van der Waals surface area (Å²) in [5.41, 5.74) is 0. The lowest BCUT2D eigenvalue weighted by molar-refractivity contribution is -0.161. The first kappa shape index (κ1) is 94.1. The van der Waals surface area contributed by atoms with E-state index in [1.165, 1.54) is 218 Å². The van der Waals surface area contributed by atoms with Crippen LogP contribution in [0.3, 0.4) is 0 Å². The quantitative estimate of drug-likeness (QED) is 0.0222. The molecule has 0 amide bonds. The van der Waals surface area contributed by atoms with Crippen molar-refractivity contribution >= 4 is 39.5 Å². The van der Waals surface area contributed by atoms with Gasteiger partial charge in [0.2, 0.25) is 0 Å². The van der Waals surface area contributed by atoms with Crippen LogP contribution in [0.25, 0.3) is 0 Å². The fourth-order valence-electron chi connectivity index (χ4n) is 11.8. The molecule has 0 spiro atoms. The average molecular weight is 1410 g/mol. The molecule has 0 aromatic rings. The molecule has 0 saturated carbocycles. The zero-order valence-corrected chi connectivity index (χ0v) is 64.5. The molecule has 0 aromatic heterocycles. The molecule has 0 aliphatic carbocycles. The van der Waals surface area contributed by atoms with Crippen LogP contribution in [0.4, 0.5) is 0 Å². The molecule has 3 unspecified atom stereocenters. The minimum Gasteiger partial charge on any atom is -0.462 e. The number of hydrogen-bond acceptors (Lipinski definition) is 15. The molecule has 3 N–H and O–H groups in total. The number of hydrogen-bond donors (Lipinski definition) is 3. The molecule has 0 aromatic carbocycles. The number of carbonyl (C=O) groups is 4. The van der Waals surface area contributed by atoms with Crippen molar-refractivity contribution in [1.82, 2.24) is 0 Å². The first-order chi connectivity index (χ1) is 46.4. The van der Waals surface area contributed by atoms with E-state index >= 15 is 0 Å². The molecule has 6 atom stereocenters. The van der Waals surface area contributed by atoms with Crippen molar-refractivity contribution in [3.63, 3.8) is 0 Å². The number of esters is 4. The lowest BCUT2D eigenvalue weighted by Crippen LogP contribution is -2.30. The summed E-state index contributed by atoms with van der Waals surface area (Å²) in [6.45, 7) is 9.62. The number of carbonyl (C=O) groups excluding carboxylic acids is 4. The number of phosphoric ester groups is 2. The Bertz CT molecular complexity index is 1860. The topological polar surface area (TPSA) is 237 Å². The summed E-state index contributed by atoms with van der Waals surface area (Å²) in [7, 11) is -9.91. The minimum atomic E-state index is -4.96. The van der Waals surface area contributed by atoms with E-state index in [-0.39, 0.29) is 25.7 Å². The first-order valence-electron chi connectivity index (χ1n) is 40.0. The second kappa shape index (κ2) is 68.8. The van der Waals surface area contributed by atoms with E-state index in [0.29, 0.717) is 25.7 Å². The third-order valence-electron chi connectivity index (χ3n) is 18.3. The molecule has 0 fully saturated rings. The number of ether oxygens (including phenoxy) is 4. The van der Waals surface area contributed by atoms with Crippen LogP contribution in [0.5, 0.6) is 0 Å². The Balaban J connectivity index is 5.24. The van der Waals surface area contributed by atoms with E-state index < -0.39 is 97.5 Å². The van der Waals surface area contributed by atoms with Crippen LogP contribution in [0.2, 0.25) is 0 Å². The lowest BCUT2D eigenvalue weighted by atomic mass is 9.99. The van der Waals surface area contributed by atoms with Gasteiger partial charge in [-0.1, -0.05) is 350 Å². The maximum atomic E-state index is 13.1. The zero-order valence-electron chi connectivity index (χ0n) is 62.7. The van der Waals surface area contributed by atoms with E-state index in [4.69, 9.17) is 37.0 Å². The Morgan fingerprint density at radius 1 is 0.302 bits per heavy atom. The summed E-state index contributed by atoms with van der Waals surface area (Å²) in [5, 5.41) is 10.6. The number of aliphatic hydroxyl groups excluding tert-OH is 1. The second-order valence-corrected chi connectivity index (χ2v) is 31.4. The van der Waals surface area contributed by atoms with E-state index in [0.717, 1.165) is 102 Å². The minimum absolute atomic E-state index is 0.105. The molecular weight excluding hydrogens is 1260 g/mol. The molecule has 0 radical (unpaired) electrons. The van der Waals surface area contributed by atoms with Gasteiger partial charge in [-0.3, -0.25) is 37.3 Å². The van der Waals surface area contributed by atoms with Crippen LogP contribution in [0, 0.1) is 11.8 Å². The van der Waals surface area contributed by atoms with E-state index in [1.54, 1.807) is 0 Å². The summed E-state index contributed by atoms with van der Waals surface area (Å²) < 4.78 is 68.6. The van der Waals surface area contributed by atoms with Gasteiger partial charge in [0.05, 0.1) is 26.4 Å². The maximum Gasteiger partial charge on any atom is 0.472 e. The Kier molecular flexibility index (Phi) is 67.4. The van der Waals surface area contributed by atoms with Crippen molar-refractivity contribution in [2.24, 2.45) is 11.8 Å². The van der Waals surface area contributed by atoms with E-state index in [9.17, 15) is 43.2 Å². The first-order valence-corrected chi connectivity index (χ1v) is 43.0. The van der Waals surface area contributed by atoms with E-state index in [1.807, 2.05) is 0 Å². The van der Waals surface area contributed by atoms with Crippen LogP contribution in [0.15, 0.2) is 0 Å². The van der Waals surface area contributed by atoms with Crippen molar-refractivity contribution in [2.75, 3.05) is 39.6 Å². The Morgan fingerprint density at radius 2 is 0.531 bits per heavy atom. The molecule has 0 rings (SSSR count). The van der Waals surface area contributed by atoms with Gasteiger partial charge in [0, 0.05) is 25.7 Å². The molecule has 0 bridgehead atoms. The zero-order chi connectivity index (χ0) is 70.7. The monoisotopic (exact) mass is 1410 g/mol. The summed E-state index contributed by atoms with van der Waals surface area (Å²) in [5.74, 6) is -0.542. The third kappa shape index (κ3) is 69.2. The van der Waals surface area contributed by atoms with Crippen molar-refractivity contribution in [1.29, 1.82) is 0 Å². The molecule has 0 aliphatic heterocycles. The predicted molar refractivity (Wildman–Crippen MR) is 391 cm³/mol. The van der Waals surface area contributed by atoms with Gasteiger partial charge in [0.15, 0.2) is 12.2 Å². The second-order valence-electron chi connectivity index (χ2n) is 28.5. The molecule has 0 aliphatic rings. The van der Waals surface area contributed by atoms with Crippen LogP contribution in [-0.4, -0.2) is 96.7 Å². The Morgan fingerprint density at radius 3 is 0.792 bits per heavy atom. The molecule has 19 heteroatoms. The van der Waals surface area contributed by atoms with Gasteiger partial charge in [-0.15, -0.1) is 0 Å². The molecule has 96 heavy (non-hydrogen) atoms. The lowest BCUT2D eigenvalue weighted by Gasteiger charge is -2.21. The highest BCUT2D eigenvalue weighted by molar-refractivity contribution is 7.47. The van der Waals surface area contributed by atoms with Crippen LogP contribution >= 0.6 is 15.6 Å². The normalized spacial score (nSPS) is 14.3. The maximum absolute atomic E-state index is 13.1. The number of rotatable bonds is 76. The fraction of sp³-hybridized carbons (Fsp3) is 0.948. The standard InChI is InChI=1S/C77H150O17P2/c1-7-10-12-14-16-18-20-21-22-25-28-31-35-42-48-54-60-75(80)88-65-72(93-76(81)61-55-49-43-36-32-29-26-23-24-27-30-33-39-45-51-57-69(4)5)67-91-95(83,84)89-63-71(78)64-90-96(85,86)92-68-73(66-87-74(79)59-53-47-41-34-19-17-15-13-11-8-2)94-77(82)62-56-50-44-38-37-40-46-52-58-70(6)9-3/h69-73,78H,7-68H2,1-6H3,(H,83,84)(H,85,86)/t70?,71-,72-,73-/m1/s1. The van der Waals surface area contributed by atoms with Crippen LogP contribution in [0.1, 0.15) is 401 Å². The fourth-order valence-corrected chi connectivity index (χ4v) is 13.4. The van der Waals surface area contributed by atoms with Gasteiger partial charge in [0.1, 0.15) is 19.3 Å². The highest BCUT2D eigenvalue weighted by Gasteiger charge is 2.30. The summed E-state index contributed by atoms with van der Waals surface area (Å²) >= 11 is 0. The Hall–Kier alpha value is -1.94. The van der Waals surface area contributed by atoms with Crippen molar-refractivity contribution < 1.29 is 80.2 Å². The van der Waals surface area contributed by atoms with Crippen molar-refractivity contribution in [3.05, 3.63) is 0 Å². The number of unbranched alkanes of at least 4 members (excludes halogenated alkanes) is 45. The number of aliphatic hydroxyl groups is 1. The third-order valence-corrected chi connectivity index (χ3v) is 20.2. The van der Waals surface area contributed by atoms with Gasteiger partial charge in [-0.05, 0) is 37.5 Å². The summed E-state index contributed by atoms with van der Waals surface area (Å²) in [6.07, 6.45) is 56.8. The molecule has 0 heterocycles. The molecule has 0 saturated heterocycles. The molecule has 17 nitrogen and oxygen atoms in total. The smallest absolute Gasteiger partial charge is 0.462 e. The van der Waals surface area contributed by atoms with Gasteiger partial charge in [-0.2, -0.15) is 0 Å². The highest BCUT2D eigenvalue weighted by Crippen LogP contribution is 2.45. The molecular formula is C77H150O17P2. The predicted octanol–water partition coefficient (Wildman–Crippen LogP) is 22.7. The van der Waals surface area contributed by atoms with Crippen molar-refractivity contribution in [3.8, 4) is 0 Å². The average Bonchev–Trinajstić information content (AvgIpc) is 2.41. The molecule has 570 valence electrons. The van der Waals surface area contributed by atoms with Gasteiger partial charge in [0.25, 0.3) is 0 Å². The van der Waals surface area contributed by atoms with Gasteiger partial charge in [-0.25, -0.2) is 9.13 Å². The van der Waals surface area contributed by atoms with Gasteiger partial charge < -0.3 is 33.8 Å². The van der Waals surface area contributed by atoms with Crippen LogP contribution < -0.4 is 0 Å². The van der Waals surface area contributed by atoms with Crippen molar-refractivity contribution in [2.45, 2.75) is 419 Å². The summed E-state index contributed by atoms with van der Waals surface area (Å²) in [6, 6.07) is 0.